The maximum Gasteiger partial charge on any atom is 0.223 e. The molecule has 1 aliphatic rings. The van der Waals surface area contributed by atoms with Crippen LogP contribution in [0.4, 0.5) is 0 Å². The van der Waals surface area contributed by atoms with Crippen molar-refractivity contribution in [1.82, 2.24) is 19.8 Å². The van der Waals surface area contributed by atoms with Crippen molar-refractivity contribution in [3.8, 4) is 0 Å². The lowest BCUT2D eigenvalue weighted by molar-refractivity contribution is -0.136. The number of imidazole rings is 1. The first-order chi connectivity index (χ1) is 12.7. The number of aryl methyl sites for hydroxylation is 1. The first-order valence-corrected chi connectivity index (χ1v) is 9.17. The van der Waals surface area contributed by atoms with Gasteiger partial charge in [-0.25, -0.2) is 4.98 Å². The summed E-state index contributed by atoms with van der Waals surface area (Å²) in [6, 6.07) is 18.4. The van der Waals surface area contributed by atoms with Gasteiger partial charge in [0.1, 0.15) is 5.82 Å². The molecule has 0 radical (unpaired) electrons. The van der Waals surface area contributed by atoms with Gasteiger partial charge in [0, 0.05) is 32.5 Å². The average molecular weight is 348 g/mol. The van der Waals surface area contributed by atoms with Crippen molar-refractivity contribution < 1.29 is 4.79 Å². The van der Waals surface area contributed by atoms with E-state index in [-0.39, 0.29) is 11.9 Å². The van der Waals surface area contributed by atoms with Crippen LogP contribution in [-0.2, 0) is 11.2 Å². The fourth-order valence-electron chi connectivity index (χ4n) is 3.67. The van der Waals surface area contributed by atoms with Crippen LogP contribution in [0.25, 0.3) is 11.0 Å². The number of nitrogens with one attached hydrogen (secondary N) is 1. The molecule has 5 heteroatoms. The minimum atomic E-state index is 0.123. The van der Waals surface area contributed by atoms with Gasteiger partial charge in [-0.3, -0.25) is 4.79 Å². The third-order valence-corrected chi connectivity index (χ3v) is 5.10. The van der Waals surface area contributed by atoms with E-state index in [9.17, 15) is 4.79 Å². The smallest absolute Gasteiger partial charge is 0.223 e. The number of carbonyl (C=O) groups excluding carboxylic acids is 1. The number of aromatic amines is 1. The molecule has 1 aromatic heterocycles. The number of likely N-dealkylation sites (N-methyl/N-ethyl adjacent to an activating group) is 1. The Kier molecular flexibility index (Phi) is 4.71. The number of rotatable bonds is 4. The SMILES string of the molecule is CN1CCN(C(=O)CCc2nc3ccccc3[nH]2)C(c2ccccc2)C1. The Morgan fingerprint density at radius 2 is 1.88 bits per heavy atom. The van der Waals surface area contributed by atoms with E-state index in [2.05, 4.69) is 34.0 Å². The van der Waals surface area contributed by atoms with Crippen LogP contribution in [0.15, 0.2) is 54.6 Å². The van der Waals surface area contributed by atoms with Gasteiger partial charge in [-0.15, -0.1) is 0 Å². The zero-order chi connectivity index (χ0) is 17.9. The van der Waals surface area contributed by atoms with Crippen LogP contribution in [0.2, 0.25) is 0 Å². The molecular weight excluding hydrogens is 324 g/mol. The molecule has 1 unspecified atom stereocenters. The largest absolute Gasteiger partial charge is 0.342 e. The van der Waals surface area contributed by atoms with Gasteiger partial charge in [-0.1, -0.05) is 42.5 Å². The number of carbonyl (C=O) groups is 1. The lowest BCUT2D eigenvalue weighted by atomic mass is 10.0. The average Bonchev–Trinajstić information content (AvgIpc) is 3.10. The first kappa shape index (κ1) is 16.8. The molecule has 0 saturated carbocycles. The van der Waals surface area contributed by atoms with E-state index in [0.29, 0.717) is 12.8 Å². The Labute approximate surface area is 153 Å². The second kappa shape index (κ2) is 7.30. The lowest BCUT2D eigenvalue weighted by Crippen LogP contribution is -2.49. The topological polar surface area (TPSA) is 52.2 Å². The lowest BCUT2D eigenvalue weighted by Gasteiger charge is -2.40. The first-order valence-electron chi connectivity index (χ1n) is 9.17. The predicted octanol–water partition coefficient (Wildman–Crippen LogP) is 3.01. The summed E-state index contributed by atoms with van der Waals surface area (Å²) in [5.41, 5.74) is 3.18. The van der Waals surface area contributed by atoms with Crippen molar-refractivity contribution in [2.24, 2.45) is 0 Å². The summed E-state index contributed by atoms with van der Waals surface area (Å²) in [5.74, 6) is 1.08. The summed E-state index contributed by atoms with van der Waals surface area (Å²) < 4.78 is 0. The summed E-state index contributed by atoms with van der Waals surface area (Å²) >= 11 is 0. The number of fused-ring (bicyclic) bond motifs is 1. The van der Waals surface area contributed by atoms with E-state index in [0.717, 1.165) is 36.5 Å². The molecule has 134 valence electrons. The van der Waals surface area contributed by atoms with Gasteiger partial charge in [-0.2, -0.15) is 0 Å². The number of piperazine rings is 1. The third kappa shape index (κ3) is 3.48. The van der Waals surface area contributed by atoms with E-state index in [1.54, 1.807) is 0 Å². The molecule has 5 nitrogen and oxygen atoms in total. The summed E-state index contributed by atoms with van der Waals surface area (Å²) in [6.45, 7) is 2.56. The second-order valence-electron chi connectivity index (χ2n) is 6.98. The molecule has 0 aliphatic carbocycles. The molecule has 4 rings (SSSR count). The summed E-state index contributed by atoms with van der Waals surface area (Å²) in [7, 11) is 2.12. The van der Waals surface area contributed by atoms with Gasteiger partial charge in [0.05, 0.1) is 17.1 Å². The maximum absolute atomic E-state index is 12.9. The Bertz CT molecular complexity index is 856. The minimum Gasteiger partial charge on any atom is -0.342 e. The summed E-state index contributed by atoms with van der Waals surface area (Å²) in [4.78, 5) is 25.2. The molecule has 2 heterocycles. The van der Waals surface area contributed by atoms with E-state index >= 15 is 0 Å². The molecule has 1 amide bonds. The molecular formula is C21H24N4O. The molecule has 1 aliphatic heterocycles. The third-order valence-electron chi connectivity index (χ3n) is 5.10. The number of para-hydroxylation sites is 2. The highest BCUT2D eigenvalue weighted by molar-refractivity contribution is 5.78. The van der Waals surface area contributed by atoms with Crippen LogP contribution in [0, 0.1) is 0 Å². The van der Waals surface area contributed by atoms with Crippen LogP contribution in [-0.4, -0.2) is 52.4 Å². The zero-order valence-corrected chi connectivity index (χ0v) is 15.1. The van der Waals surface area contributed by atoms with E-state index in [1.165, 1.54) is 5.56 Å². The van der Waals surface area contributed by atoms with Crippen LogP contribution >= 0.6 is 0 Å². The predicted molar refractivity (Wildman–Crippen MR) is 103 cm³/mol. The van der Waals surface area contributed by atoms with Gasteiger partial charge < -0.3 is 14.8 Å². The fraction of sp³-hybridized carbons (Fsp3) is 0.333. The van der Waals surface area contributed by atoms with Crippen molar-refractivity contribution >= 4 is 16.9 Å². The number of aromatic nitrogens is 2. The second-order valence-corrected chi connectivity index (χ2v) is 6.98. The van der Waals surface area contributed by atoms with Crippen molar-refractivity contribution in [3.63, 3.8) is 0 Å². The normalized spacial score (nSPS) is 18.3. The maximum atomic E-state index is 12.9. The Morgan fingerprint density at radius 1 is 1.12 bits per heavy atom. The highest BCUT2D eigenvalue weighted by Crippen LogP contribution is 2.25. The van der Waals surface area contributed by atoms with E-state index < -0.39 is 0 Å². The van der Waals surface area contributed by atoms with Gasteiger partial charge in [0.2, 0.25) is 5.91 Å². The number of hydrogen-bond acceptors (Lipinski definition) is 3. The van der Waals surface area contributed by atoms with Crippen LogP contribution < -0.4 is 0 Å². The van der Waals surface area contributed by atoms with Crippen LogP contribution in [0.1, 0.15) is 23.9 Å². The number of benzene rings is 2. The molecule has 2 aromatic carbocycles. The summed E-state index contributed by atoms with van der Waals surface area (Å²) in [5, 5.41) is 0. The molecule has 1 N–H and O–H groups in total. The quantitative estimate of drug-likeness (QED) is 0.788. The number of nitrogens with zero attached hydrogens (tertiary/aromatic N) is 3. The highest BCUT2D eigenvalue weighted by Gasteiger charge is 2.29. The monoisotopic (exact) mass is 348 g/mol. The summed E-state index contributed by atoms with van der Waals surface area (Å²) in [6.07, 6.45) is 1.12. The Morgan fingerprint density at radius 3 is 2.69 bits per heavy atom. The molecule has 26 heavy (non-hydrogen) atoms. The number of H-pyrrole nitrogens is 1. The van der Waals surface area contributed by atoms with Crippen LogP contribution in [0.3, 0.4) is 0 Å². The standard InChI is InChI=1S/C21H24N4O/c1-24-13-14-25(19(15-24)16-7-3-2-4-8-16)21(26)12-11-20-22-17-9-5-6-10-18(17)23-20/h2-10,19H,11-15H2,1H3,(H,22,23). The number of hydrogen-bond donors (Lipinski definition) is 1. The van der Waals surface area contributed by atoms with Gasteiger partial charge in [0.25, 0.3) is 0 Å². The van der Waals surface area contributed by atoms with Gasteiger partial charge in [-0.05, 0) is 24.7 Å². The van der Waals surface area contributed by atoms with E-state index in [1.807, 2.05) is 47.4 Å². The molecule has 1 atom stereocenters. The van der Waals surface area contributed by atoms with E-state index in [4.69, 9.17) is 0 Å². The van der Waals surface area contributed by atoms with Crippen LogP contribution in [0.5, 0.6) is 0 Å². The molecule has 1 fully saturated rings. The highest BCUT2D eigenvalue weighted by atomic mass is 16.2. The Hall–Kier alpha value is -2.66. The minimum absolute atomic E-state index is 0.123. The zero-order valence-electron chi connectivity index (χ0n) is 15.1. The van der Waals surface area contributed by atoms with Gasteiger partial charge >= 0.3 is 0 Å². The molecule has 3 aromatic rings. The molecule has 0 bridgehead atoms. The molecule has 1 saturated heterocycles. The van der Waals surface area contributed by atoms with Crippen molar-refractivity contribution in [1.29, 1.82) is 0 Å². The Balaban J connectivity index is 1.46. The van der Waals surface area contributed by atoms with Crippen molar-refractivity contribution in [3.05, 3.63) is 66.0 Å². The number of amides is 1. The molecule has 0 spiro atoms. The fourth-order valence-corrected chi connectivity index (χ4v) is 3.67. The van der Waals surface area contributed by atoms with Crippen molar-refractivity contribution in [2.45, 2.75) is 18.9 Å². The van der Waals surface area contributed by atoms with Crippen molar-refractivity contribution in [2.75, 3.05) is 26.7 Å². The van der Waals surface area contributed by atoms with Gasteiger partial charge in [0.15, 0.2) is 0 Å².